The molecule has 0 aliphatic rings. The molecule has 0 saturated carbocycles. The summed E-state index contributed by atoms with van der Waals surface area (Å²) in [6.07, 6.45) is 0.924. The number of hydrogen-bond donors (Lipinski definition) is 2. The normalized spacial score (nSPS) is 15.2. The molecule has 0 aliphatic heterocycles. The summed E-state index contributed by atoms with van der Waals surface area (Å²) in [4.78, 5) is 2.25. The molecular formula is C13H30N2OS. The van der Waals surface area contributed by atoms with Gasteiger partial charge in [0.05, 0.1) is 6.10 Å². The van der Waals surface area contributed by atoms with Crippen LogP contribution in [0.15, 0.2) is 0 Å². The number of aliphatic hydroxyl groups is 1. The summed E-state index contributed by atoms with van der Waals surface area (Å²) in [6.45, 7) is 12.1. The minimum atomic E-state index is -0.254. The molecule has 3 nitrogen and oxygen atoms in total. The Morgan fingerprint density at radius 3 is 2.41 bits per heavy atom. The van der Waals surface area contributed by atoms with Crippen LogP contribution in [0.1, 0.15) is 34.1 Å². The van der Waals surface area contributed by atoms with Crippen molar-refractivity contribution in [3.05, 3.63) is 0 Å². The molecule has 0 radical (unpaired) electrons. The Kier molecular flexibility index (Phi) is 11.5. The van der Waals surface area contributed by atoms with Crippen LogP contribution in [-0.4, -0.2) is 59.8 Å². The van der Waals surface area contributed by atoms with Gasteiger partial charge in [0.25, 0.3) is 0 Å². The number of thioether (sulfide) groups is 1. The van der Waals surface area contributed by atoms with Crippen molar-refractivity contribution < 1.29 is 5.11 Å². The zero-order valence-electron chi connectivity index (χ0n) is 11.9. The lowest BCUT2D eigenvalue weighted by Crippen LogP contribution is -2.41. The molecule has 0 spiro atoms. The van der Waals surface area contributed by atoms with E-state index in [1.54, 1.807) is 0 Å². The van der Waals surface area contributed by atoms with Crippen molar-refractivity contribution in [1.82, 2.24) is 10.2 Å². The first kappa shape index (κ1) is 17.2. The highest BCUT2D eigenvalue weighted by atomic mass is 32.2. The predicted octanol–water partition coefficient (Wildman–Crippen LogP) is 1.81. The standard InChI is InChI=1S/C13H30N2OS/c1-5-15(6-2)11-13(16)10-14-12(4)8-9-17-7-3/h12-14,16H,5-11H2,1-4H3. The third-order valence-electron chi connectivity index (χ3n) is 2.96. The van der Waals surface area contributed by atoms with Gasteiger partial charge in [0.2, 0.25) is 0 Å². The quantitative estimate of drug-likeness (QED) is 0.557. The average molecular weight is 262 g/mol. The highest BCUT2D eigenvalue weighted by molar-refractivity contribution is 7.99. The fourth-order valence-electron chi connectivity index (χ4n) is 1.69. The summed E-state index contributed by atoms with van der Waals surface area (Å²) >= 11 is 1.98. The van der Waals surface area contributed by atoms with Crippen LogP contribution in [0.25, 0.3) is 0 Å². The molecule has 2 atom stereocenters. The largest absolute Gasteiger partial charge is 0.390 e. The Balaban J connectivity index is 3.57. The van der Waals surface area contributed by atoms with Crippen molar-refractivity contribution in [2.24, 2.45) is 0 Å². The first-order chi connectivity index (χ1) is 8.13. The van der Waals surface area contributed by atoms with Gasteiger partial charge in [-0.2, -0.15) is 11.8 Å². The van der Waals surface area contributed by atoms with Gasteiger partial charge in [-0.1, -0.05) is 20.8 Å². The van der Waals surface area contributed by atoms with Crippen LogP contribution in [0.4, 0.5) is 0 Å². The van der Waals surface area contributed by atoms with Crippen LogP contribution in [-0.2, 0) is 0 Å². The molecule has 0 aromatic rings. The number of rotatable bonds is 11. The zero-order valence-corrected chi connectivity index (χ0v) is 12.7. The maximum absolute atomic E-state index is 9.89. The van der Waals surface area contributed by atoms with E-state index in [4.69, 9.17) is 0 Å². The molecule has 0 aliphatic carbocycles. The van der Waals surface area contributed by atoms with Gasteiger partial charge in [-0.25, -0.2) is 0 Å². The maximum Gasteiger partial charge on any atom is 0.0791 e. The summed E-state index contributed by atoms with van der Waals surface area (Å²) in [5.41, 5.74) is 0. The van der Waals surface area contributed by atoms with Crippen LogP contribution in [0.3, 0.4) is 0 Å². The van der Waals surface area contributed by atoms with Gasteiger partial charge < -0.3 is 15.3 Å². The molecule has 0 rings (SSSR count). The fourth-order valence-corrected chi connectivity index (χ4v) is 2.50. The van der Waals surface area contributed by atoms with Crippen LogP contribution < -0.4 is 5.32 Å². The van der Waals surface area contributed by atoms with E-state index in [-0.39, 0.29) is 6.10 Å². The minimum absolute atomic E-state index is 0.254. The maximum atomic E-state index is 9.89. The number of aliphatic hydroxyl groups excluding tert-OH is 1. The van der Waals surface area contributed by atoms with Crippen molar-refractivity contribution in [1.29, 1.82) is 0 Å². The third-order valence-corrected chi connectivity index (χ3v) is 3.90. The van der Waals surface area contributed by atoms with Crippen molar-refractivity contribution in [3.63, 3.8) is 0 Å². The topological polar surface area (TPSA) is 35.5 Å². The first-order valence-electron chi connectivity index (χ1n) is 6.85. The summed E-state index contributed by atoms with van der Waals surface area (Å²) < 4.78 is 0. The van der Waals surface area contributed by atoms with E-state index in [1.807, 2.05) is 11.8 Å². The molecule has 0 aromatic carbocycles. The van der Waals surface area contributed by atoms with E-state index in [1.165, 1.54) is 17.9 Å². The summed E-state index contributed by atoms with van der Waals surface area (Å²) in [6, 6.07) is 0.500. The Labute approximate surface area is 111 Å². The molecule has 0 amide bonds. The van der Waals surface area contributed by atoms with E-state index in [0.29, 0.717) is 12.6 Å². The Morgan fingerprint density at radius 2 is 1.88 bits per heavy atom. The first-order valence-corrected chi connectivity index (χ1v) is 8.00. The molecule has 0 bridgehead atoms. The van der Waals surface area contributed by atoms with E-state index in [0.717, 1.165) is 19.6 Å². The second-order valence-corrected chi connectivity index (χ2v) is 5.83. The van der Waals surface area contributed by atoms with Gasteiger partial charge >= 0.3 is 0 Å². The van der Waals surface area contributed by atoms with Gasteiger partial charge in [0, 0.05) is 19.1 Å². The number of likely N-dealkylation sites (N-methyl/N-ethyl adjacent to an activating group) is 1. The molecule has 2 N–H and O–H groups in total. The second kappa shape index (κ2) is 11.3. The van der Waals surface area contributed by atoms with Crippen LogP contribution in [0, 0.1) is 0 Å². The number of hydrogen-bond acceptors (Lipinski definition) is 4. The molecule has 0 fully saturated rings. The van der Waals surface area contributed by atoms with E-state index in [2.05, 4.69) is 37.9 Å². The Bertz CT molecular complexity index is 165. The Hall–Kier alpha value is 0.230. The summed E-state index contributed by atoms with van der Waals surface area (Å²) in [5, 5.41) is 13.3. The van der Waals surface area contributed by atoms with Crippen molar-refractivity contribution in [2.75, 3.05) is 37.7 Å². The van der Waals surface area contributed by atoms with Gasteiger partial charge in [-0.15, -0.1) is 0 Å². The lowest BCUT2D eigenvalue weighted by molar-refractivity contribution is 0.114. The van der Waals surface area contributed by atoms with E-state index >= 15 is 0 Å². The highest BCUT2D eigenvalue weighted by Gasteiger charge is 2.10. The molecule has 4 heteroatoms. The molecule has 104 valence electrons. The monoisotopic (exact) mass is 262 g/mol. The fraction of sp³-hybridized carbons (Fsp3) is 1.00. The Morgan fingerprint density at radius 1 is 1.24 bits per heavy atom. The minimum Gasteiger partial charge on any atom is -0.390 e. The van der Waals surface area contributed by atoms with Crippen LogP contribution in [0.5, 0.6) is 0 Å². The lowest BCUT2D eigenvalue weighted by atomic mass is 10.2. The molecule has 2 unspecified atom stereocenters. The van der Waals surface area contributed by atoms with Crippen molar-refractivity contribution >= 4 is 11.8 Å². The predicted molar refractivity (Wildman–Crippen MR) is 78.9 cm³/mol. The second-order valence-electron chi connectivity index (χ2n) is 4.43. The average Bonchev–Trinajstić information content (AvgIpc) is 2.33. The third kappa shape index (κ3) is 9.89. The molecule has 0 saturated heterocycles. The highest BCUT2D eigenvalue weighted by Crippen LogP contribution is 2.03. The number of nitrogens with one attached hydrogen (secondary N) is 1. The van der Waals surface area contributed by atoms with Crippen LogP contribution in [0.2, 0.25) is 0 Å². The zero-order chi connectivity index (χ0) is 13.1. The molecule has 0 aromatic heterocycles. The van der Waals surface area contributed by atoms with E-state index in [9.17, 15) is 5.11 Å². The SMILES string of the molecule is CCSCCC(C)NCC(O)CN(CC)CC. The lowest BCUT2D eigenvalue weighted by Gasteiger charge is -2.23. The van der Waals surface area contributed by atoms with E-state index < -0.39 is 0 Å². The molecule has 17 heavy (non-hydrogen) atoms. The van der Waals surface area contributed by atoms with Crippen molar-refractivity contribution in [3.8, 4) is 0 Å². The number of nitrogens with zero attached hydrogens (tertiary/aromatic N) is 1. The molecular weight excluding hydrogens is 232 g/mol. The molecule has 0 heterocycles. The van der Waals surface area contributed by atoms with Crippen molar-refractivity contribution in [2.45, 2.75) is 46.3 Å². The van der Waals surface area contributed by atoms with Gasteiger partial charge in [-0.3, -0.25) is 0 Å². The smallest absolute Gasteiger partial charge is 0.0791 e. The van der Waals surface area contributed by atoms with Gasteiger partial charge in [0.15, 0.2) is 0 Å². The summed E-state index contributed by atoms with van der Waals surface area (Å²) in [5.74, 6) is 2.40. The van der Waals surface area contributed by atoms with Crippen LogP contribution >= 0.6 is 11.8 Å². The summed E-state index contributed by atoms with van der Waals surface area (Å²) in [7, 11) is 0. The van der Waals surface area contributed by atoms with Gasteiger partial charge in [0.1, 0.15) is 0 Å². The van der Waals surface area contributed by atoms with Gasteiger partial charge in [-0.05, 0) is 37.9 Å².